The summed E-state index contributed by atoms with van der Waals surface area (Å²) in [6.45, 7) is 0. The summed E-state index contributed by atoms with van der Waals surface area (Å²) in [5, 5.41) is 8.70. The summed E-state index contributed by atoms with van der Waals surface area (Å²) in [6, 6.07) is 5.00. The first kappa shape index (κ1) is 9.87. The molecule has 0 aliphatic heterocycles. The van der Waals surface area contributed by atoms with Gasteiger partial charge in [-0.15, -0.1) is 0 Å². The second kappa shape index (κ2) is 3.83. The van der Waals surface area contributed by atoms with E-state index in [0.29, 0.717) is 5.69 Å². The minimum Gasteiger partial charge on any atom is -0.303 e. The molecule has 74 valence electrons. The van der Waals surface area contributed by atoms with Crippen LogP contribution in [-0.2, 0) is 0 Å². The lowest BCUT2D eigenvalue weighted by Crippen LogP contribution is -1.96. The van der Waals surface area contributed by atoms with Crippen LogP contribution in [0.3, 0.4) is 0 Å². The first-order chi connectivity index (χ1) is 7.24. The van der Waals surface area contributed by atoms with Crippen LogP contribution in [0, 0.1) is 17.1 Å². The van der Waals surface area contributed by atoms with E-state index >= 15 is 0 Å². The number of nitrogens with zero attached hydrogens (tertiary/aromatic N) is 3. The van der Waals surface area contributed by atoms with Gasteiger partial charge in [-0.2, -0.15) is 5.26 Å². The summed E-state index contributed by atoms with van der Waals surface area (Å²) >= 11 is 3.05. The Balaban J connectivity index is 2.62. The number of aromatic nitrogens is 2. The van der Waals surface area contributed by atoms with Gasteiger partial charge in [-0.1, -0.05) is 0 Å². The highest BCUT2D eigenvalue weighted by Crippen LogP contribution is 2.25. The zero-order valence-corrected chi connectivity index (χ0v) is 9.07. The number of imidazole rings is 1. The molecule has 2 aromatic rings. The standard InChI is InChI=1S/C10H5BrFN3/c11-9-7(5-13)1-2-8(10(9)12)15-4-3-14-6-15/h1-4,6H. The van der Waals surface area contributed by atoms with E-state index in [4.69, 9.17) is 5.26 Å². The van der Waals surface area contributed by atoms with Crippen LogP contribution in [-0.4, -0.2) is 9.55 Å². The SMILES string of the molecule is N#Cc1ccc(-n2ccnc2)c(F)c1Br. The lowest BCUT2D eigenvalue weighted by Gasteiger charge is -2.05. The van der Waals surface area contributed by atoms with E-state index < -0.39 is 5.82 Å². The van der Waals surface area contributed by atoms with Gasteiger partial charge < -0.3 is 4.57 Å². The number of halogens is 2. The van der Waals surface area contributed by atoms with Crippen molar-refractivity contribution in [3.05, 3.63) is 46.7 Å². The van der Waals surface area contributed by atoms with Crippen molar-refractivity contribution in [3.8, 4) is 11.8 Å². The maximum atomic E-state index is 13.8. The highest BCUT2D eigenvalue weighted by Gasteiger charge is 2.11. The quantitative estimate of drug-likeness (QED) is 0.796. The van der Waals surface area contributed by atoms with E-state index in [1.165, 1.54) is 6.33 Å². The highest BCUT2D eigenvalue weighted by atomic mass is 79.9. The maximum Gasteiger partial charge on any atom is 0.162 e. The van der Waals surface area contributed by atoms with Gasteiger partial charge >= 0.3 is 0 Å². The Morgan fingerprint density at radius 1 is 1.47 bits per heavy atom. The fourth-order valence-corrected chi connectivity index (χ4v) is 1.65. The monoisotopic (exact) mass is 265 g/mol. The van der Waals surface area contributed by atoms with Crippen molar-refractivity contribution < 1.29 is 4.39 Å². The van der Waals surface area contributed by atoms with E-state index in [1.807, 2.05) is 6.07 Å². The summed E-state index contributed by atoms with van der Waals surface area (Å²) in [5.41, 5.74) is 0.634. The van der Waals surface area contributed by atoms with E-state index in [2.05, 4.69) is 20.9 Å². The Hall–Kier alpha value is -1.67. The third kappa shape index (κ3) is 1.64. The summed E-state index contributed by atoms with van der Waals surface area (Å²) in [5.74, 6) is -0.466. The van der Waals surface area contributed by atoms with E-state index in [9.17, 15) is 4.39 Å². The van der Waals surface area contributed by atoms with Crippen LogP contribution >= 0.6 is 15.9 Å². The van der Waals surface area contributed by atoms with Crippen molar-refractivity contribution in [2.24, 2.45) is 0 Å². The molecule has 0 fully saturated rings. The molecule has 0 aliphatic carbocycles. The van der Waals surface area contributed by atoms with E-state index in [1.54, 1.807) is 29.1 Å². The molecular weight excluding hydrogens is 261 g/mol. The minimum absolute atomic E-state index is 0.177. The van der Waals surface area contributed by atoms with Gasteiger partial charge in [-0.3, -0.25) is 0 Å². The Bertz CT molecular complexity index is 528. The van der Waals surface area contributed by atoms with Gasteiger partial charge in [-0.25, -0.2) is 9.37 Å². The Labute approximate surface area is 93.9 Å². The topological polar surface area (TPSA) is 41.6 Å². The molecule has 0 spiro atoms. The Morgan fingerprint density at radius 3 is 2.87 bits per heavy atom. The molecule has 1 heterocycles. The molecule has 1 aromatic carbocycles. The van der Waals surface area contributed by atoms with Crippen LogP contribution < -0.4 is 0 Å². The minimum atomic E-state index is -0.466. The third-order valence-electron chi connectivity index (χ3n) is 1.96. The van der Waals surface area contributed by atoms with Crippen molar-refractivity contribution in [2.75, 3.05) is 0 Å². The first-order valence-corrected chi connectivity index (χ1v) is 4.89. The molecule has 2 rings (SSSR count). The zero-order valence-electron chi connectivity index (χ0n) is 7.48. The number of rotatable bonds is 1. The van der Waals surface area contributed by atoms with Crippen molar-refractivity contribution >= 4 is 15.9 Å². The number of nitriles is 1. The number of hydrogen-bond acceptors (Lipinski definition) is 2. The van der Waals surface area contributed by atoms with Crippen LogP contribution in [0.5, 0.6) is 0 Å². The van der Waals surface area contributed by atoms with Crippen molar-refractivity contribution in [1.82, 2.24) is 9.55 Å². The predicted octanol–water partition coefficient (Wildman–Crippen LogP) is 2.65. The van der Waals surface area contributed by atoms with Crippen LogP contribution in [0.4, 0.5) is 4.39 Å². The summed E-state index contributed by atoms with van der Waals surface area (Å²) in [4.78, 5) is 3.83. The van der Waals surface area contributed by atoms with Crippen molar-refractivity contribution in [2.45, 2.75) is 0 Å². The summed E-state index contributed by atoms with van der Waals surface area (Å²) in [6.07, 6.45) is 4.69. The smallest absolute Gasteiger partial charge is 0.162 e. The fraction of sp³-hybridized carbons (Fsp3) is 0. The predicted molar refractivity (Wildman–Crippen MR) is 55.9 cm³/mol. The lowest BCUT2D eigenvalue weighted by atomic mass is 10.2. The van der Waals surface area contributed by atoms with Gasteiger partial charge in [0.2, 0.25) is 0 Å². The lowest BCUT2D eigenvalue weighted by molar-refractivity contribution is 0.611. The maximum absolute atomic E-state index is 13.8. The average molecular weight is 266 g/mol. The number of hydrogen-bond donors (Lipinski definition) is 0. The van der Waals surface area contributed by atoms with Crippen molar-refractivity contribution in [1.29, 1.82) is 5.26 Å². The van der Waals surface area contributed by atoms with Crippen LogP contribution in [0.1, 0.15) is 5.56 Å². The molecule has 0 bridgehead atoms. The second-order valence-electron chi connectivity index (χ2n) is 2.84. The molecule has 0 aliphatic rings. The summed E-state index contributed by atoms with van der Waals surface area (Å²) < 4.78 is 15.5. The van der Waals surface area contributed by atoms with Crippen molar-refractivity contribution in [3.63, 3.8) is 0 Å². The molecule has 5 heteroatoms. The third-order valence-corrected chi connectivity index (χ3v) is 2.74. The van der Waals surface area contributed by atoms with E-state index in [-0.39, 0.29) is 10.0 Å². The number of benzene rings is 1. The van der Waals surface area contributed by atoms with E-state index in [0.717, 1.165) is 0 Å². The fourth-order valence-electron chi connectivity index (χ4n) is 1.23. The van der Waals surface area contributed by atoms with Gasteiger partial charge in [0.05, 0.1) is 22.1 Å². The van der Waals surface area contributed by atoms with Gasteiger partial charge in [0.25, 0.3) is 0 Å². The molecular formula is C10H5BrFN3. The molecule has 0 radical (unpaired) electrons. The second-order valence-corrected chi connectivity index (χ2v) is 3.63. The molecule has 0 amide bonds. The highest BCUT2D eigenvalue weighted by molar-refractivity contribution is 9.10. The molecule has 15 heavy (non-hydrogen) atoms. The largest absolute Gasteiger partial charge is 0.303 e. The van der Waals surface area contributed by atoms with Crippen LogP contribution in [0.25, 0.3) is 5.69 Å². The van der Waals surface area contributed by atoms with Gasteiger partial charge in [-0.05, 0) is 28.1 Å². The molecule has 0 saturated carbocycles. The molecule has 0 atom stereocenters. The molecule has 3 nitrogen and oxygen atoms in total. The van der Waals surface area contributed by atoms with Crippen LogP contribution in [0.2, 0.25) is 0 Å². The first-order valence-electron chi connectivity index (χ1n) is 4.10. The Kier molecular flexibility index (Phi) is 2.52. The molecule has 0 N–H and O–H groups in total. The summed E-state index contributed by atoms with van der Waals surface area (Å²) in [7, 11) is 0. The normalized spacial score (nSPS) is 9.93. The average Bonchev–Trinajstić information content (AvgIpc) is 2.75. The van der Waals surface area contributed by atoms with Crippen LogP contribution in [0.15, 0.2) is 35.3 Å². The molecule has 0 saturated heterocycles. The van der Waals surface area contributed by atoms with Gasteiger partial charge in [0.15, 0.2) is 5.82 Å². The van der Waals surface area contributed by atoms with Gasteiger partial charge in [0.1, 0.15) is 6.07 Å². The molecule has 1 aromatic heterocycles. The Morgan fingerprint density at radius 2 is 2.27 bits per heavy atom. The molecule has 0 unspecified atom stereocenters. The van der Waals surface area contributed by atoms with Gasteiger partial charge in [0, 0.05) is 12.4 Å². The zero-order chi connectivity index (χ0) is 10.8.